The first kappa shape index (κ1) is 22.2. The smallest absolute Gasteiger partial charge is 0.252 e. The molecule has 0 saturated carbocycles. The average Bonchev–Trinajstić information content (AvgIpc) is 2.89. The lowest BCUT2D eigenvalue weighted by Gasteiger charge is -2.32. The average molecular weight is 457 g/mol. The number of piperidine rings is 1. The van der Waals surface area contributed by atoms with Crippen LogP contribution in [0.1, 0.15) is 44.7 Å². The van der Waals surface area contributed by atoms with E-state index in [1.165, 1.54) is 5.56 Å². The van der Waals surface area contributed by atoms with Crippen molar-refractivity contribution in [3.05, 3.63) is 95.1 Å². The highest BCUT2D eigenvalue weighted by molar-refractivity contribution is 6.15. The summed E-state index contributed by atoms with van der Waals surface area (Å²) in [5.41, 5.74) is 2.56. The van der Waals surface area contributed by atoms with Gasteiger partial charge in [0, 0.05) is 36.8 Å². The zero-order chi connectivity index (χ0) is 23.3. The number of amides is 1. The van der Waals surface area contributed by atoms with E-state index < -0.39 is 0 Å². The van der Waals surface area contributed by atoms with Gasteiger partial charge in [0.1, 0.15) is 13.2 Å². The van der Waals surface area contributed by atoms with Gasteiger partial charge in [0.15, 0.2) is 17.3 Å². The van der Waals surface area contributed by atoms with Gasteiger partial charge in [0.25, 0.3) is 5.91 Å². The van der Waals surface area contributed by atoms with Crippen molar-refractivity contribution in [3.63, 3.8) is 0 Å². The van der Waals surface area contributed by atoms with Gasteiger partial charge in [-0.25, -0.2) is 0 Å². The van der Waals surface area contributed by atoms with E-state index in [0.29, 0.717) is 41.4 Å². The fraction of sp³-hybridized carbons (Fsp3) is 0.286. The summed E-state index contributed by atoms with van der Waals surface area (Å²) in [5.74, 6) is 0.775. The maximum absolute atomic E-state index is 13.3. The van der Waals surface area contributed by atoms with E-state index in [0.717, 1.165) is 32.5 Å². The van der Waals surface area contributed by atoms with Crippen molar-refractivity contribution in [1.29, 1.82) is 0 Å². The number of ether oxygens (including phenoxy) is 2. The van der Waals surface area contributed by atoms with Gasteiger partial charge in [-0.05, 0) is 42.7 Å². The van der Waals surface area contributed by atoms with Gasteiger partial charge >= 0.3 is 0 Å². The van der Waals surface area contributed by atoms with E-state index in [9.17, 15) is 9.59 Å². The van der Waals surface area contributed by atoms with Crippen LogP contribution in [0.4, 0.5) is 0 Å². The van der Waals surface area contributed by atoms with Crippen LogP contribution in [0.25, 0.3) is 0 Å². The van der Waals surface area contributed by atoms with Crippen LogP contribution in [0, 0.1) is 0 Å². The van der Waals surface area contributed by atoms with Crippen molar-refractivity contribution >= 4 is 11.7 Å². The van der Waals surface area contributed by atoms with Crippen LogP contribution in [0.3, 0.4) is 0 Å². The number of hydrogen-bond donors (Lipinski definition) is 1. The van der Waals surface area contributed by atoms with Crippen LogP contribution in [-0.4, -0.2) is 48.9 Å². The van der Waals surface area contributed by atoms with Crippen LogP contribution in [0.2, 0.25) is 0 Å². The molecule has 0 bridgehead atoms. The Bertz CT molecular complexity index is 1170. The Balaban J connectivity index is 1.24. The van der Waals surface area contributed by atoms with Crippen molar-refractivity contribution in [2.75, 3.05) is 26.3 Å². The third kappa shape index (κ3) is 4.97. The summed E-state index contributed by atoms with van der Waals surface area (Å²) in [4.78, 5) is 28.9. The van der Waals surface area contributed by atoms with Crippen LogP contribution in [0.5, 0.6) is 11.5 Å². The summed E-state index contributed by atoms with van der Waals surface area (Å²) in [6.07, 6.45) is 1.77. The van der Waals surface area contributed by atoms with Crippen molar-refractivity contribution < 1.29 is 19.1 Å². The maximum Gasteiger partial charge on any atom is 0.252 e. The normalized spacial score (nSPS) is 16.1. The summed E-state index contributed by atoms with van der Waals surface area (Å²) < 4.78 is 11.2. The molecule has 0 atom stereocenters. The Labute approximate surface area is 199 Å². The van der Waals surface area contributed by atoms with Crippen molar-refractivity contribution in [2.24, 2.45) is 0 Å². The van der Waals surface area contributed by atoms with Crippen LogP contribution in [-0.2, 0) is 6.54 Å². The lowest BCUT2D eigenvalue weighted by Crippen LogP contribution is -2.44. The first-order chi connectivity index (χ1) is 16.7. The fourth-order valence-electron chi connectivity index (χ4n) is 4.56. The highest BCUT2D eigenvalue weighted by Gasteiger charge is 2.24. The molecule has 1 amide bonds. The van der Waals surface area contributed by atoms with Crippen molar-refractivity contribution in [1.82, 2.24) is 10.2 Å². The van der Waals surface area contributed by atoms with Crippen LogP contribution >= 0.6 is 0 Å². The second-order valence-corrected chi connectivity index (χ2v) is 8.74. The third-order valence-electron chi connectivity index (χ3n) is 6.39. The summed E-state index contributed by atoms with van der Waals surface area (Å²) in [6.45, 7) is 3.73. The third-order valence-corrected chi connectivity index (χ3v) is 6.39. The molecule has 2 aliphatic heterocycles. The van der Waals surface area contributed by atoms with Gasteiger partial charge in [-0.3, -0.25) is 14.5 Å². The number of carbonyl (C=O) groups excluding carboxylic acids is 2. The van der Waals surface area contributed by atoms with E-state index in [-0.39, 0.29) is 17.7 Å². The largest absolute Gasteiger partial charge is 0.486 e. The molecular weight excluding hydrogens is 428 g/mol. The zero-order valence-corrected chi connectivity index (χ0v) is 19.0. The molecule has 2 heterocycles. The number of benzene rings is 3. The molecule has 6 nitrogen and oxygen atoms in total. The Morgan fingerprint density at radius 2 is 1.50 bits per heavy atom. The number of likely N-dealkylation sites (tertiary alicyclic amines) is 1. The zero-order valence-electron chi connectivity index (χ0n) is 19.0. The van der Waals surface area contributed by atoms with Gasteiger partial charge in [-0.1, -0.05) is 48.5 Å². The minimum atomic E-state index is -0.208. The highest BCUT2D eigenvalue weighted by Crippen LogP contribution is 2.31. The van der Waals surface area contributed by atoms with Gasteiger partial charge in [-0.2, -0.15) is 0 Å². The van der Waals surface area contributed by atoms with Gasteiger partial charge in [0.2, 0.25) is 0 Å². The lowest BCUT2D eigenvalue weighted by molar-refractivity contribution is 0.0901. The minimum absolute atomic E-state index is 0.0944. The first-order valence-corrected chi connectivity index (χ1v) is 11.8. The van der Waals surface area contributed by atoms with Gasteiger partial charge in [0.05, 0.1) is 5.56 Å². The van der Waals surface area contributed by atoms with E-state index >= 15 is 0 Å². The van der Waals surface area contributed by atoms with E-state index in [1.807, 2.05) is 6.07 Å². The molecule has 174 valence electrons. The molecule has 1 N–H and O–H groups in total. The predicted octanol–water partition coefficient (Wildman–Crippen LogP) is 4.08. The first-order valence-electron chi connectivity index (χ1n) is 11.8. The molecule has 0 aromatic heterocycles. The van der Waals surface area contributed by atoms with E-state index in [2.05, 4.69) is 34.5 Å². The van der Waals surface area contributed by atoms with Gasteiger partial charge < -0.3 is 14.8 Å². The van der Waals surface area contributed by atoms with Crippen molar-refractivity contribution in [2.45, 2.75) is 25.4 Å². The van der Waals surface area contributed by atoms with Crippen molar-refractivity contribution in [3.8, 4) is 11.5 Å². The Morgan fingerprint density at radius 1 is 0.824 bits per heavy atom. The molecule has 6 heteroatoms. The molecule has 5 rings (SSSR count). The Morgan fingerprint density at radius 3 is 2.26 bits per heavy atom. The molecule has 0 spiro atoms. The number of rotatable bonds is 6. The molecule has 1 saturated heterocycles. The topological polar surface area (TPSA) is 67.9 Å². The number of nitrogens with one attached hydrogen (secondary N) is 1. The molecule has 3 aromatic rings. The number of fused-ring (bicyclic) bond motifs is 1. The quantitative estimate of drug-likeness (QED) is 0.566. The Kier molecular flexibility index (Phi) is 6.58. The molecule has 0 radical (unpaired) electrons. The number of hydrogen-bond acceptors (Lipinski definition) is 5. The molecule has 0 aliphatic carbocycles. The van der Waals surface area contributed by atoms with E-state index in [4.69, 9.17) is 9.47 Å². The van der Waals surface area contributed by atoms with Crippen LogP contribution in [0.15, 0.2) is 72.8 Å². The number of ketones is 1. The summed E-state index contributed by atoms with van der Waals surface area (Å²) >= 11 is 0. The molecule has 34 heavy (non-hydrogen) atoms. The molecule has 2 aliphatic rings. The monoisotopic (exact) mass is 456 g/mol. The summed E-state index contributed by atoms with van der Waals surface area (Å²) in [7, 11) is 0. The summed E-state index contributed by atoms with van der Waals surface area (Å²) in [6, 6.07) is 22.7. The number of nitrogens with zero attached hydrogens (tertiary/aromatic N) is 1. The standard InChI is InChI=1S/C28H28N2O4/c31-27(21-10-11-25-26(18-21)34-17-16-33-25)23-8-4-5-9-24(23)28(32)29-22-12-14-30(15-13-22)19-20-6-2-1-3-7-20/h1-11,18,22H,12-17,19H2,(H,29,32). The molecule has 3 aromatic carbocycles. The fourth-order valence-corrected chi connectivity index (χ4v) is 4.56. The predicted molar refractivity (Wildman–Crippen MR) is 130 cm³/mol. The maximum atomic E-state index is 13.3. The minimum Gasteiger partial charge on any atom is -0.486 e. The SMILES string of the molecule is O=C(NC1CCN(Cc2ccccc2)CC1)c1ccccc1C(=O)c1ccc2c(c1)OCCO2. The number of carbonyl (C=O) groups is 2. The molecular formula is C28H28N2O4. The Hall–Kier alpha value is -3.64. The van der Waals surface area contributed by atoms with E-state index in [1.54, 1.807) is 42.5 Å². The molecule has 0 unspecified atom stereocenters. The molecule has 1 fully saturated rings. The second kappa shape index (κ2) is 10.1. The summed E-state index contributed by atoms with van der Waals surface area (Å²) in [5, 5.41) is 3.15. The van der Waals surface area contributed by atoms with Gasteiger partial charge in [-0.15, -0.1) is 0 Å². The second-order valence-electron chi connectivity index (χ2n) is 8.74. The lowest BCUT2D eigenvalue weighted by atomic mass is 9.96. The van der Waals surface area contributed by atoms with Crippen LogP contribution < -0.4 is 14.8 Å². The highest BCUT2D eigenvalue weighted by atomic mass is 16.6.